The standard InChI is InChI=1S/C8H13NOSi/c1-11(2,3)8-5-4-7(6-10)9-8/h4-6,9H,1-3H3. The highest BCUT2D eigenvalue weighted by molar-refractivity contribution is 6.88. The minimum absolute atomic E-state index is 0.683. The Morgan fingerprint density at radius 2 is 2.00 bits per heavy atom. The number of H-pyrrole nitrogens is 1. The second-order valence-electron chi connectivity index (χ2n) is 3.70. The van der Waals surface area contributed by atoms with Crippen LogP contribution in [0.15, 0.2) is 12.1 Å². The number of hydrogen-bond donors (Lipinski definition) is 1. The summed E-state index contributed by atoms with van der Waals surface area (Å²) < 4.78 is 0. The van der Waals surface area contributed by atoms with Gasteiger partial charge in [0.15, 0.2) is 6.29 Å². The van der Waals surface area contributed by atoms with Gasteiger partial charge in [-0.15, -0.1) is 0 Å². The smallest absolute Gasteiger partial charge is 0.166 e. The summed E-state index contributed by atoms with van der Waals surface area (Å²) in [5.74, 6) is 0. The number of hydrogen-bond acceptors (Lipinski definition) is 1. The molecule has 0 amide bonds. The number of aromatic nitrogens is 1. The Balaban J connectivity index is 2.98. The van der Waals surface area contributed by atoms with E-state index in [0.29, 0.717) is 5.69 Å². The first-order chi connectivity index (χ1) is 5.04. The third-order valence-electron chi connectivity index (χ3n) is 1.64. The predicted octanol–water partition coefficient (Wildman–Crippen LogP) is 1.37. The molecule has 11 heavy (non-hydrogen) atoms. The van der Waals surface area contributed by atoms with Crippen molar-refractivity contribution in [3.05, 3.63) is 17.8 Å². The van der Waals surface area contributed by atoms with E-state index in [0.717, 1.165) is 6.29 Å². The van der Waals surface area contributed by atoms with Crippen LogP contribution in [0.25, 0.3) is 0 Å². The van der Waals surface area contributed by atoms with Crippen LogP contribution in [-0.4, -0.2) is 19.3 Å². The number of nitrogens with one attached hydrogen (secondary N) is 1. The molecule has 1 aromatic heterocycles. The lowest BCUT2D eigenvalue weighted by molar-refractivity contribution is 0.111. The molecule has 0 aliphatic carbocycles. The molecule has 3 heteroatoms. The molecule has 0 bridgehead atoms. The number of carbonyl (C=O) groups is 1. The summed E-state index contributed by atoms with van der Waals surface area (Å²) >= 11 is 0. The van der Waals surface area contributed by atoms with Crippen molar-refractivity contribution < 1.29 is 4.79 Å². The molecule has 0 saturated heterocycles. The van der Waals surface area contributed by atoms with E-state index in [9.17, 15) is 4.79 Å². The maximum Gasteiger partial charge on any atom is 0.166 e. The number of aldehydes is 1. The van der Waals surface area contributed by atoms with Crippen molar-refractivity contribution >= 4 is 19.7 Å². The van der Waals surface area contributed by atoms with Crippen LogP contribution >= 0.6 is 0 Å². The van der Waals surface area contributed by atoms with Gasteiger partial charge < -0.3 is 4.98 Å². The Labute approximate surface area is 67.6 Å². The van der Waals surface area contributed by atoms with Gasteiger partial charge >= 0.3 is 0 Å². The van der Waals surface area contributed by atoms with Crippen LogP contribution in [0.3, 0.4) is 0 Å². The maximum atomic E-state index is 10.3. The van der Waals surface area contributed by atoms with E-state index in [1.807, 2.05) is 12.1 Å². The second kappa shape index (κ2) is 2.66. The van der Waals surface area contributed by atoms with Gasteiger partial charge in [-0.3, -0.25) is 4.79 Å². The Bertz CT molecular complexity index is 259. The summed E-state index contributed by atoms with van der Waals surface area (Å²) in [4.78, 5) is 13.4. The van der Waals surface area contributed by atoms with Crippen molar-refractivity contribution in [2.45, 2.75) is 19.6 Å². The first-order valence-electron chi connectivity index (χ1n) is 3.69. The van der Waals surface area contributed by atoms with Gasteiger partial charge in [0, 0.05) is 0 Å². The zero-order valence-corrected chi connectivity index (χ0v) is 8.14. The Kier molecular flexibility index (Phi) is 2.00. The summed E-state index contributed by atoms with van der Waals surface area (Å²) in [6.45, 7) is 6.73. The van der Waals surface area contributed by atoms with Crippen LogP contribution in [0, 0.1) is 0 Å². The predicted molar refractivity (Wildman–Crippen MR) is 49.2 cm³/mol. The molecule has 1 heterocycles. The quantitative estimate of drug-likeness (QED) is 0.524. The lowest BCUT2D eigenvalue weighted by Gasteiger charge is -2.12. The second-order valence-corrected chi connectivity index (χ2v) is 8.73. The first-order valence-corrected chi connectivity index (χ1v) is 7.19. The van der Waals surface area contributed by atoms with Crippen molar-refractivity contribution in [2.75, 3.05) is 0 Å². The summed E-state index contributed by atoms with van der Waals surface area (Å²) in [7, 11) is -1.24. The minimum Gasteiger partial charge on any atom is -0.360 e. The van der Waals surface area contributed by atoms with Crippen molar-refractivity contribution in [3.63, 3.8) is 0 Å². The third kappa shape index (κ3) is 1.80. The Morgan fingerprint density at radius 3 is 2.27 bits per heavy atom. The summed E-state index contributed by atoms with van der Waals surface area (Å²) in [5.41, 5.74) is 0.683. The summed E-state index contributed by atoms with van der Waals surface area (Å²) in [5, 5.41) is 1.24. The summed E-state index contributed by atoms with van der Waals surface area (Å²) in [6.07, 6.45) is 0.851. The Morgan fingerprint density at radius 1 is 1.36 bits per heavy atom. The van der Waals surface area contributed by atoms with Gasteiger partial charge in [-0.05, 0) is 17.4 Å². The van der Waals surface area contributed by atoms with Crippen molar-refractivity contribution in [1.82, 2.24) is 4.98 Å². The molecule has 60 valence electrons. The molecule has 0 aliphatic rings. The molecular weight excluding hydrogens is 154 g/mol. The molecule has 0 aliphatic heterocycles. The minimum atomic E-state index is -1.24. The van der Waals surface area contributed by atoms with Crippen LogP contribution in [0.5, 0.6) is 0 Å². The van der Waals surface area contributed by atoms with E-state index in [1.54, 1.807) is 0 Å². The Hall–Kier alpha value is -0.833. The maximum absolute atomic E-state index is 10.3. The lowest BCUT2D eigenvalue weighted by Crippen LogP contribution is -2.38. The molecule has 0 fully saturated rings. The van der Waals surface area contributed by atoms with Crippen LogP contribution in [0.2, 0.25) is 19.6 Å². The van der Waals surface area contributed by atoms with Crippen molar-refractivity contribution in [3.8, 4) is 0 Å². The third-order valence-corrected chi connectivity index (χ3v) is 3.55. The van der Waals surface area contributed by atoms with Crippen LogP contribution in [0.1, 0.15) is 10.5 Å². The molecule has 1 N–H and O–H groups in total. The molecule has 0 radical (unpaired) electrons. The van der Waals surface area contributed by atoms with Gasteiger partial charge in [-0.25, -0.2) is 0 Å². The fourth-order valence-electron chi connectivity index (χ4n) is 0.918. The van der Waals surface area contributed by atoms with E-state index in [1.165, 1.54) is 5.32 Å². The fourth-order valence-corrected chi connectivity index (χ4v) is 2.02. The molecule has 0 spiro atoms. The SMILES string of the molecule is C[Si](C)(C)c1ccc(C=O)[nH]1. The van der Waals surface area contributed by atoms with E-state index >= 15 is 0 Å². The first kappa shape index (κ1) is 8.27. The largest absolute Gasteiger partial charge is 0.360 e. The number of carbonyl (C=O) groups excluding carboxylic acids is 1. The van der Waals surface area contributed by atoms with Crippen LogP contribution in [-0.2, 0) is 0 Å². The van der Waals surface area contributed by atoms with E-state index in [-0.39, 0.29) is 0 Å². The normalized spacial score (nSPS) is 11.5. The highest BCUT2D eigenvalue weighted by atomic mass is 28.3. The van der Waals surface area contributed by atoms with Gasteiger partial charge in [0.1, 0.15) is 0 Å². The highest BCUT2D eigenvalue weighted by Crippen LogP contribution is 2.01. The van der Waals surface area contributed by atoms with E-state index in [4.69, 9.17) is 0 Å². The van der Waals surface area contributed by atoms with E-state index in [2.05, 4.69) is 24.6 Å². The monoisotopic (exact) mass is 167 g/mol. The topological polar surface area (TPSA) is 32.9 Å². The molecule has 2 nitrogen and oxygen atoms in total. The molecule has 0 atom stereocenters. The molecule has 1 rings (SSSR count). The van der Waals surface area contributed by atoms with Crippen LogP contribution < -0.4 is 5.32 Å². The molecule has 1 aromatic rings. The zero-order valence-electron chi connectivity index (χ0n) is 7.14. The number of rotatable bonds is 2. The average Bonchev–Trinajstić information content (AvgIpc) is 2.32. The van der Waals surface area contributed by atoms with Crippen LogP contribution in [0.4, 0.5) is 0 Å². The zero-order chi connectivity index (χ0) is 8.48. The van der Waals surface area contributed by atoms with Crippen molar-refractivity contribution in [1.29, 1.82) is 0 Å². The molecule has 0 unspecified atom stereocenters. The van der Waals surface area contributed by atoms with E-state index < -0.39 is 8.07 Å². The fraction of sp³-hybridized carbons (Fsp3) is 0.375. The molecule has 0 saturated carbocycles. The van der Waals surface area contributed by atoms with Gasteiger partial charge in [0.25, 0.3) is 0 Å². The van der Waals surface area contributed by atoms with Gasteiger partial charge in [-0.1, -0.05) is 19.6 Å². The van der Waals surface area contributed by atoms with Gasteiger partial charge in [0.05, 0.1) is 13.8 Å². The summed E-state index contributed by atoms with van der Waals surface area (Å²) in [6, 6.07) is 3.84. The highest BCUT2D eigenvalue weighted by Gasteiger charge is 2.17. The number of aromatic amines is 1. The lowest BCUT2D eigenvalue weighted by atomic mass is 10.5. The molecule has 0 aromatic carbocycles. The van der Waals surface area contributed by atoms with Crippen molar-refractivity contribution in [2.24, 2.45) is 0 Å². The molecular formula is C8H13NOSi. The van der Waals surface area contributed by atoms with Gasteiger partial charge in [-0.2, -0.15) is 0 Å². The average molecular weight is 167 g/mol. The van der Waals surface area contributed by atoms with Gasteiger partial charge in [0.2, 0.25) is 0 Å².